The Morgan fingerprint density at radius 3 is 2.60 bits per heavy atom. The van der Waals surface area contributed by atoms with Crippen molar-refractivity contribution in [1.82, 2.24) is 9.97 Å². The summed E-state index contributed by atoms with van der Waals surface area (Å²) in [6.45, 7) is 0. The van der Waals surface area contributed by atoms with Gasteiger partial charge in [0.15, 0.2) is 0 Å². The van der Waals surface area contributed by atoms with Crippen molar-refractivity contribution in [2.45, 2.75) is 12.5 Å². The molecule has 0 bridgehead atoms. The normalized spacial score (nSPS) is 12.3. The van der Waals surface area contributed by atoms with E-state index < -0.39 is 6.10 Å². The first-order valence-corrected chi connectivity index (χ1v) is 4.84. The fraction of sp³-hybridized carbons (Fsp3) is 0.167. The summed E-state index contributed by atoms with van der Waals surface area (Å²) in [6.07, 6.45) is 4.91. The molecule has 2 rings (SSSR count). The predicted molar refractivity (Wildman–Crippen MR) is 57.1 cm³/mol. The van der Waals surface area contributed by atoms with E-state index in [2.05, 4.69) is 9.97 Å². The quantitative estimate of drug-likeness (QED) is 0.821. The molecule has 3 heteroatoms. The van der Waals surface area contributed by atoms with E-state index in [0.717, 1.165) is 11.3 Å². The van der Waals surface area contributed by atoms with Gasteiger partial charge in [0, 0.05) is 25.0 Å². The molecule has 3 nitrogen and oxygen atoms in total. The molecule has 0 saturated carbocycles. The lowest BCUT2D eigenvalue weighted by molar-refractivity contribution is 0.177. The average molecular weight is 200 g/mol. The topological polar surface area (TPSA) is 46.0 Å². The number of nitrogens with zero attached hydrogens (tertiary/aromatic N) is 2. The van der Waals surface area contributed by atoms with Crippen LogP contribution in [0.25, 0.3) is 0 Å². The summed E-state index contributed by atoms with van der Waals surface area (Å²) < 4.78 is 0. The summed E-state index contributed by atoms with van der Waals surface area (Å²) in [5.74, 6) is 0. The first-order chi connectivity index (χ1) is 7.36. The Morgan fingerprint density at radius 2 is 1.93 bits per heavy atom. The Morgan fingerprint density at radius 1 is 1.13 bits per heavy atom. The van der Waals surface area contributed by atoms with Crippen LogP contribution >= 0.6 is 0 Å². The molecule has 0 spiro atoms. The lowest BCUT2D eigenvalue weighted by Gasteiger charge is -2.09. The molecular formula is C12H12N2O. The third-order valence-electron chi connectivity index (χ3n) is 2.20. The molecule has 0 fully saturated rings. The maximum absolute atomic E-state index is 9.91. The van der Waals surface area contributed by atoms with Gasteiger partial charge in [0.1, 0.15) is 0 Å². The lowest BCUT2D eigenvalue weighted by atomic mass is 10.1. The third kappa shape index (κ3) is 2.60. The molecule has 1 aromatic heterocycles. The van der Waals surface area contributed by atoms with Gasteiger partial charge >= 0.3 is 0 Å². The first-order valence-electron chi connectivity index (χ1n) is 4.84. The standard InChI is InChI=1S/C12H12N2O/c15-12(10-4-2-1-3-5-10)8-11-9-13-6-7-14-11/h1-7,9,12,15H,8H2/t12-/m1/s1. The molecule has 0 aliphatic carbocycles. The van der Waals surface area contributed by atoms with Crippen LogP contribution in [0.2, 0.25) is 0 Å². The van der Waals surface area contributed by atoms with Crippen LogP contribution in [0, 0.1) is 0 Å². The highest BCUT2D eigenvalue weighted by atomic mass is 16.3. The maximum Gasteiger partial charge on any atom is 0.0846 e. The average Bonchev–Trinajstić information content (AvgIpc) is 2.31. The second-order valence-corrected chi connectivity index (χ2v) is 3.33. The van der Waals surface area contributed by atoms with Gasteiger partial charge in [-0.3, -0.25) is 9.97 Å². The zero-order chi connectivity index (χ0) is 10.5. The molecule has 1 aromatic carbocycles. The van der Waals surface area contributed by atoms with Crippen LogP contribution in [0.15, 0.2) is 48.9 Å². The third-order valence-corrected chi connectivity index (χ3v) is 2.20. The van der Waals surface area contributed by atoms with Gasteiger partial charge in [-0.2, -0.15) is 0 Å². The molecule has 0 amide bonds. The number of hydrogen-bond donors (Lipinski definition) is 1. The van der Waals surface area contributed by atoms with Crippen molar-refractivity contribution in [1.29, 1.82) is 0 Å². The molecule has 0 saturated heterocycles. The van der Waals surface area contributed by atoms with Gasteiger partial charge in [0.05, 0.1) is 11.8 Å². The van der Waals surface area contributed by atoms with E-state index in [-0.39, 0.29) is 0 Å². The second kappa shape index (κ2) is 4.66. The van der Waals surface area contributed by atoms with Crippen molar-refractivity contribution in [2.75, 3.05) is 0 Å². The van der Waals surface area contributed by atoms with Crippen molar-refractivity contribution >= 4 is 0 Å². The van der Waals surface area contributed by atoms with Crippen LogP contribution in [0.4, 0.5) is 0 Å². The molecule has 76 valence electrons. The summed E-state index contributed by atoms with van der Waals surface area (Å²) >= 11 is 0. The maximum atomic E-state index is 9.91. The molecule has 0 aliphatic heterocycles. The molecule has 1 heterocycles. The van der Waals surface area contributed by atoms with Crippen molar-refractivity contribution in [3.63, 3.8) is 0 Å². The Bertz CT molecular complexity index is 402. The Hall–Kier alpha value is -1.74. The smallest absolute Gasteiger partial charge is 0.0846 e. The van der Waals surface area contributed by atoms with Gasteiger partial charge in [0.2, 0.25) is 0 Å². The van der Waals surface area contributed by atoms with Crippen molar-refractivity contribution in [3.8, 4) is 0 Å². The van der Waals surface area contributed by atoms with E-state index in [1.165, 1.54) is 0 Å². The minimum Gasteiger partial charge on any atom is -0.388 e. The molecular weight excluding hydrogens is 188 g/mol. The highest BCUT2D eigenvalue weighted by Gasteiger charge is 2.08. The Kier molecular flexibility index (Phi) is 3.05. The Labute approximate surface area is 88.5 Å². The highest BCUT2D eigenvalue weighted by molar-refractivity contribution is 5.18. The van der Waals surface area contributed by atoms with Gasteiger partial charge in [-0.25, -0.2) is 0 Å². The SMILES string of the molecule is O[C@H](Cc1cnccn1)c1ccccc1. The molecule has 0 unspecified atom stereocenters. The van der Waals surface area contributed by atoms with E-state index in [4.69, 9.17) is 0 Å². The molecule has 1 N–H and O–H groups in total. The van der Waals surface area contributed by atoms with Crippen LogP contribution in [0.3, 0.4) is 0 Å². The second-order valence-electron chi connectivity index (χ2n) is 3.33. The highest BCUT2D eigenvalue weighted by Crippen LogP contribution is 2.15. The summed E-state index contributed by atoms with van der Waals surface area (Å²) in [5.41, 5.74) is 1.71. The summed E-state index contributed by atoms with van der Waals surface area (Å²) in [7, 11) is 0. The monoisotopic (exact) mass is 200 g/mol. The minimum absolute atomic E-state index is 0.498. The lowest BCUT2D eigenvalue weighted by Crippen LogP contribution is -2.03. The van der Waals surface area contributed by atoms with E-state index in [9.17, 15) is 5.11 Å². The van der Waals surface area contributed by atoms with Gasteiger partial charge in [0.25, 0.3) is 0 Å². The molecule has 15 heavy (non-hydrogen) atoms. The summed E-state index contributed by atoms with van der Waals surface area (Å²) in [5, 5.41) is 9.91. The van der Waals surface area contributed by atoms with Crippen molar-refractivity contribution in [3.05, 3.63) is 60.2 Å². The molecule has 0 radical (unpaired) electrons. The summed E-state index contributed by atoms with van der Waals surface area (Å²) in [4.78, 5) is 8.08. The van der Waals surface area contributed by atoms with E-state index in [0.29, 0.717) is 6.42 Å². The first kappa shape index (κ1) is 9.80. The number of aliphatic hydroxyl groups excluding tert-OH is 1. The number of rotatable bonds is 3. The van der Waals surface area contributed by atoms with Crippen LogP contribution in [0.1, 0.15) is 17.4 Å². The van der Waals surface area contributed by atoms with Gasteiger partial charge in [-0.05, 0) is 5.56 Å². The number of aliphatic hydroxyl groups is 1. The number of benzene rings is 1. The Balaban J connectivity index is 2.08. The van der Waals surface area contributed by atoms with Gasteiger partial charge < -0.3 is 5.11 Å². The number of hydrogen-bond acceptors (Lipinski definition) is 3. The molecule has 1 atom stereocenters. The van der Waals surface area contributed by atoms with Crippen LogP contribution in [0.5, 0.6) is 0 Å². The van der Waals surface area contributed by atoms with Crippen LogP contribution < -0.4 is 0 Å². The largest absolute Gasteiger partial charge is 0.388 e. The minimum atomic E-state index is -0.511. The fourth-order valence-corrected chi connectivity index (χ4v) is 1.43. The van der Waals surface area contributed by atoms with Crippen LogP contribution in [-0.2, 0) is 6.42 Å². The summed E-state index contributed by atoms with van der Waals surface area (Å²) in [6, 6.07) is 9.56. The predicted octanol–water partition coefficient (Wildman–Crippen LogP) is 1.75. The van der Waals surface area contributed by atoms with Crippen LogP contribution in [-0.4, -0.2) is 15.1 Å². The number of aromatic nitrogens is 2. The van der Waals surface area contributed by atoms with Crippen molar-refractivity contribution in [2.24, 2.45) is 0 Å². The molecule has 0 aliphatic rings. The van der Waals surface area contributed by atoms with E-state index in [1.807, 2.05) is 30.3 Å². The van der Waals surface area contributed by atoms with Crippen molar-refractivity contribution < 1.29 is 5.11 Å². The van der Waals surface area contributed by atoms with Gasteiger partial charge in [-0.1, -0.05) is 30.3 Å². The van der Waals surface area contributed by atoms with E-state index in [1.54, 1.807) is 18.6 Å². The fourth-order valence-electron chi connectivity index (χ4n) is 1.43. The van der Waals surface area contributed by atoms with E-state index >= 15 is 0 Å². The zero-order valence-corrected chi connectivity index (χ0v) is 8.24. The molecule has 2 aromatic rings. The van der Waals surface area contributed by atoms with Gasteiger partial charge in [-0.15, -0.1) is 0 Å². The zero-order valence-electron chi connectivity index (χ0n) is 8.24.